The van der Waals surface area contributed by atoms with E-state index in [9.17, 15) is 4.79 Å². The van der Waals surface area contributed by atoms with Crippen LogP contribution in [0, 0.1) is 0 Å². The molecule has 1 aliphatic carbocycles. The smallest absolute Gasteiger partial charge is 0.271 e. The van der Waals surface area contributed by atoms with Gasteiger partial charge in [0.15, 0.2) is 5.13 Å². The van der Waals surface area contributed by atoms with E-state index in [-0.39, 0.29) is 11.9 Å². The Morgan fingerprint density at radius 3 is 2.96 bits per heavy atom. The van der Waals surface area contributed by atoms with Crippen LogP contribution in [0.4, 0.5) is 10.8 Å². The lowest BCUT2D eigenvalue weighted by molar-refractivity contribution is 0.0928. The van der Waals surface area contributed by atoms with Gasteiger partial charge in [0.2, 0.25) is 0 Å². The summed E-state index contributed by atoms with van der Waals surface area (Å²) < 4.78 is 0. The molecule has 26 heavy (non-hydrogen) atoms. The van der Waals surface area contributed by atoms with Crippen LogP contribution >= 0.6 is 22.9 Å². The zero-order chi connectivity index (χ0) is 17.9. The Labute approximate surface area is 161 Å². The molecule has 1 unspecified atom stereocenters. The molecule has 0 bridgehead atoms. The highest BCUT2D eigenvalue weighted by Crippen LogP contribution is 2.30. The van der Waals surface area contributed by atoms with E-state index in [4.69, 9.17) is 11.6 Å². The van der Waals surface area contributed by atoms with Gasteiger partial charge in [-0.1, -0.05) is 41.9 Å². The maximum Gasteiger partial charge on any atom is 0.271 e. The highest BCUT2D eigenvalue weighted by Gasteiger charge is 2.22. The Bertz CT molecular complexity index is 940. The molecule has 0 aliphatic heterocycles. The molecule has 2 aromatic carbocycles. The van der Waals surface area contributed by atoms with E-state index in [1.807, 2.05) is 30.3 Å². The van der Waals surface area contributed by atoms with Gasteiger partial charge in [-0.15, -0.1) is 11.3 Å². The Kier molecular flexibility index (Phi) is 4.91. The van der Waals surface area contributed by atoms with Gasteiger partial charge in [0.05, 0.1) is 6.04 Å². The van der Waals surface area contributed by atoms with E-state index < -0.39 is 0 Å². The standard InChI is InChI=1S/C20H18ClN3OS/c21-14-7-4-8-15(11-14)22-20-24-18(12-26-20)19(25)23-17-10-3-6-13-5-1-2-9-16(13)17/h1-2,4-5,7-9,11-12,17H,3,6,10H2,(H,22,24)(H,23,25). The second kappa shape index (κ2) is 7.48. The van der Waals surface area contributed by atoms with Crippen LogP contribution in [-0.4, -0.2) is 10.9 Å². The molecule has 1 amide bonds. The molecular formula is C20H18ClN3OS. The minimum atomic E-state index is -0.137. The van der Waals surface area contributed by atoms with Crippen LogP contribution in [-0.2, 0) is 6.42 Å². The third-order valence-corrected chi connectivity index (χ3v) is 5.48. The number of halogens is 1. The summed E-state index contributed by atoms with van der Waals surface area (Å²) >= 11 is 7.40. The van der Waals surface area contributed by atoms with Crippen molar-refractivity contribution in [1.82, 2.24) is 10.3 Å². The number of aryl methyl sites for hydroxylation is 1. The summed E-state index contributed by atoms with van der Waals surface area (Å²) in [7, 11) is 0. The number of carbonyl (C=O) groups is 1. The third kappa shape index (κ3) is 3.74. The van der Waals surface area contributed by atoms with Gasteiger partial charge in [0.25, 0.3) is 5.91 Å². The van der Waals surface area contributed by atoms with Crippen LogP contribution < -0.4 is 10.6 Å². The number of carbonyl (C=O) groups excluding carboxylic acids is 1. The molecule has 1 aromatic heterocycles. The van der Waals surface area contributed by atoms with Crippen molar-refractivity contribution in [1.29, 1.82) is 0 Å². The summed E-state index contributed by atoms with van der Waals surface area (Å²) in [6, 6.07) is 15.8. The lowest BCUT2D eigenvalue weighted by Crippen LogP contribution is -2.31. The van der Waals surface area contributed by atoms with E-state index in [0.29, 0.717) is 15.8 Å². The van der Waals surface area contributed by atoms with Gasteiger partial charge < -0.3 is 10.6 Å². The first-order chi connectivity index (χ1) is 12.7. The highest BCUT2D eigenvalue weighted by molar-refractivity contribution is 7.14. The molecule has 4 rings (SSSR count). The molecule has 4 nitrogen and oxygen atoms in total. The molecule has 0 radical (unpaired) electrons. The van der Waals surface area contributed by atoms with Crippen molar-refractivity contribution in [2.45, 2.75) is 25.3 Å². The molecule has 0 saturated heterocycles. The number of rotatable bonds is 4. The van der Waals surface area contributed by atoms with Crippen molar-refractivity contribution in [3.05, 3.63) is 75.8 Å². The molecule has 1 heterocycles. The molecule has 6 heteroatoms. The van der Waals surface area contributed by atoms with E-state index in [2.05, 4.69) is 33.8 Å². The molecule has 0 spiro atoms. The Hall–Kier alpha value is -2.37. The first-order valence-corrected chi connectivity index (χ1v) is 9.81. The number of aromatic nitrogens is 1. The number of anilines is 2. The average molecular weight is 384 g/mol. The van der Waals surface area contributed by atoms with Gasteiger partial charge in [0, 0.05) is 16.1 Å². The first kappa shape index (κ1) is 17.1. The summed E-state index contributed by atoms with van der Waals surface area (Å²) in [5.74, 6) is -0.137. The van der Waals surface area contributed by atoms with Crippen molar-refractivity contribution >= 4 is 39.7 Å². The normalized spacial score (nSPS) is 16.0. The van der Waals surface area contributed by atoms with Gasteiger partial charge in [-0.05, 0) is 48.6 Å². The zero-order valence-corrected chi connectivity index (χ0v) is 15.6. The van der Waals surface area contributed by atoms with Crippen molar-refractivity contribution in [3.8, 4) is 0 Å². The summed E-state index contributed by atoms with van der Waals surface area (Å²) in [5, 5.41) is 9.41. The quantitative estimate of drug-likeness (QED) is 0.638. The second-order valence-corrected chi connectivity index (χ2v) is 7.58. The number of benzene rings is 2. The van der Waals surface area contributed by atoms with Gasteiger partial charge in [-0.25, -0.2) is 4.98 Å². The Morgan fingerprint density at radius 2 is 2.08 bits per heavy atom. The molecule has 1 aliphatic rings. The molecule has 3 aromatic rings. The van der Waals surface area contributed by atoms with Crippen LogP contribution in [0.5, 0.6) is 0 Å². The van der Waals surface area contributed by atoms with Crippen LogP contribution in [0.15, 0.2) is 53.9 Å². The molecule has 2 N–H and O–H groups in total. The van der Waals surface area contributed by atoms with Gasteiger partial charge in [-0.3, -0.25) is 4.79 Å². The van der Waals surface area contributed by atoms with Crippen molar-refractivity contribution in [2.75, 3.05) is 5.32 Å². The lowest BCUT2D eigenvalue weighted by atomic mass is 9.88. The fourth-order valence-corrected chi connectivity index (χ4v) is 4.16. The largest absolute Gasteiger partial charge is 0.344 e. The zero-order valence-electron chi connectivity index (χ0n) is 14.0. The maximum absolute atomic E-state index is 12.6. The minimum absolute atomic E-state index is 0.0542. The predicted molar refractivity (Wildman–Crippen MR) is 106 cm³/mol. The molecule has 132 valence electrons. The van der Waals surface area contributed by atoms with Crippen LogP contribution in [0.25, 0.3) is 0 Å². The summed E-state index contributed by atoms with van der Waals surface area (Å²) in [6.45, 7) is 0. The van der Waals surface area contributed by atoms with E-state index >= 15 is 0 Å². The Morgan fingerprint density at radius 1 is 1.19 bits per heavy atom. The van der Waals surface area contributed by atoms with Crippen molar-refractivity contribution in [3.63, 3.8) is 0 Å². The first-order valence-electron chi connectivity index (χ1n) is 8.56. The Balaban J connectivity index is 1.46. The summed E-state index contributed by atoms with van der Waals surface area (Å²) in [4.78, 5) is 17.0. The topological polar surface area (TPSA) is 54.0 Å². The van der Waals surface area contributed by atoms with Gasteiger partial charge in [0.1, 0.15) is 5.69 Å². The fourth-order valence-electron chi connectivity index (χ4n) is 3.26. The average Bonchev–Trinajstić information content (AvgIpc) is 3.11. The minimum Gasteiger partial charge on any atom is -0.344 e. The van der Waals surface area contributed by atoms with E-state index in [1.165, 1.54) is 22.5 Å². The number of hydrogen-bond acceptors (Lipinski definition) is 4. The molecule has 0 fully saturated rings. The number of nitrogens with one attached hydrogen (secondary N) is 2. The van der Waals surface area contributed by atoms with Crippen molar-refractivity contribution < 1.29 is 4.79 Å². The highest BCUT2D eigenvalue weighted by atomic mass is 35.5. The monoisotopic (exact) mass is 383 g/mol. The van der Waals surface area contributed by atoms with Crippen LogP contribution in [0.1, 0.15) is 40.5 Å². The molecule has 1 atom stereocenters. The number of nitrogens with zero attached hydrogens (tertiary/aromatic N) is 1. The fraction of sp³-hybridized carbons (Fsp3) is 0.200. The number of hydrogen-bond donors (Lipinski definition) is 2. The van der Waals surface area contributed by atoms with E-state index in [0.717, 1.165) is 24.9 Å². The maximum atomic E-state index is 12.6. The predicted octanol–water partition coefficient (Wildman–Crippen LogP) is 5.35. The number of fused-ring (bicyclic) bond motifs is 1. The molecular weight excluding hydrogens is 366 g/mol. The number of thiazole rings is 1. The summed E-state index contributed by atoms with van der Waals surface area (Å²) in [5.41, 5.74) is 3.83. The molecule has 0 saturated carbocycles. The summed E-state index contributed by atoms with van der Waals surface area (Å²) in [6.07, 6.45) is 3.12. The van der Waals surface area contributed by atoms with Crippen LogP contribution in [0.3, 0.4) is 0 Å². The second-order valence-electron chi connectivity index (χ2n) is 6.29. The SMILES string of the molecule is O=C(NC1CCCc2ccccc21)c1csc(Nc2cccc(Cl)c2)n1. The van der Waals surface area contributed by atoms with E-state index in [1.54, 1.807) is 5.38 Å². The van der Waals surface area contributed by atoms with Crippen LogP contribution in [0.2, 0.25) is 5.02 Å². The number of amides is 1. The third-order valence-electron chi connectivity index (χ3n) is 4.49. The lowest BCUT2D eigenvalue weighted by Gasteiger charge is -2.26. The van der Waals surface area contributed by atoms with Gasteiger partial charge >= 0.3 is 0 Å². The van der Waals surface area contributed by atoms with Crippen molar-refractivity contribution in [2.24, 2.45) is 0 Å². The van der Waals surface area contributed by atoms with Gasteiger partial charge in [-0.2, -0.15) is 0 Å².